The van der Waals surface area contributed by atoms with Gasteiger partial charge >= 0.3 is 0 Å². The van der Waals surface area contributed by atoms with Gasteiger partial charge in [0.2, 0.25) is 0 Å². The van der Waals surface area contributed by atoms with Gasteiger partial charge in [-0.15, -0.1) is 0 Å². The molecule has 0 bridgehead atoms. The number of nitrogens with zero attached hydrogens (tertiary/aromatic N) is 2. The molecule has 120 valence electrons. The predicted molar refractivity (Wildman–Crippen MR) is 95.7 cm³/mol. The molecule has 0 radical (unpaired) electrons. The lowest BCUT2D eigenvalue weighted by Gasteiger charge is -2.07. The Morgan fingerprint density at radius 2 is 2.04 bits per heavy atom. The van der Waals surface area contributed by atoms with E-state index in [0.29, 0.717) is 6.54 Å². The first-order valence-corrected chi connectivity index (χ1v) is 7.82. The minimum atomic E-state index is 0.709. The van der Waals surface area contributed by atoms with E-state index in [9.17, 15) is 0 Å². The smallest absolute Gasteiger partial charge is 0.128 e. The summed E-state index contributed by atoms with van der Waals surface area (Å²) in [7, 11) is 1.69. The number of methoxy groups -OCH3 is 1. The molecule has 5 heteroatoms. The number of aromatic nitrogens is 3. The Labute approximate surface area is 139 Å². The average Bonchev–Trinajstić information content (AvgIpc) is 3.29. The molecule has 24 heavy (non-hydrogen) atoms. The van der Waals surface area contributed by atoms with Crippen LogP contribution in [0.2, 0.25) is 0 Å². The van der Waals surface area contributed by atoms with Crippen molar-refractivity contribution in [2.75, 3.05) is 12.4 Å². The quantitative estimate of drug-likeness (QED) is 0.585. The summed E-state index contributed by atoms with van der Waals surface area (Å²) in [5, 5.41) is 8.81. The SMILES string of the molecule is COc1cccc2[nH]c(CNc3cccc(-n4cccn4)c3)cc12. The van der Waals surface area contributed by atoms with Crippen LogP contribution >= 0.6 is 0 Å². The highest BCUT2D eigenvalue weighted by Gasteiger charge is 2.06. The zero-order chi connectivity index (χ0) is 16.4. The summed E-state index contributed by atoms with van der Waals surface area (Å²) in [6, 6.07) is 18.2. The van der Waals surface area contributed by atoms with Crippen LogP contribution in [0.1, 0.15) is 5.69 Å². The van der Waals surface area contributed by atoms with Crippen molar-refractivity contribution < 1.29 is 4.74 Å². The Hall–Kier alpha value is -3.21. The summed E-state index contributed by atoms with van der Waals surface area (Å²) in [5.74, 6) is 0.885. The Kier molecular flexibility index (Phi) is 3.67. The third-order valence-corrected chi connectivity index (χ3v) is 4.00. The third-order valence-electron chi connectivity index (χ3n) is 4.00. The molecule has 4 rings (SSSR count). The van der Waals surface area contributed by atoms with Crippen molar-refractivity contribution in [1.29, 1.82) is 0 Å². The second kappa shape index (κ2) is 6.12. The number of fused-ring (bicyclic) bond motifs is 1. The highest BCUT2D eigenvalue weighted by atomic mass is 16.5. The van der Waals surface area contributed by atoms with Gasteiger partial charge < -0.3 is 15.0 Å². The van der Waals surface area contributed by atoms with Gasteiger partial charge in [0, 0.05) is 34.7 Å². The summed E-state index contributed by atoms with van der Waals surface area (Å²) < 4.78 is 7.26. The van der Waals surface area contributed by atoms with Gasteiger partial charge in [-0.1, -0.05) is 12.1 Å². The summed E-state index contributed by atoms with van der Waals surface area (Å²) >= 11 is 0. The fraction of sp³-hybridized carbons (Fsp3) is 0.105. The number of hydrogen-bond donors (Lipinski definition) is 2. The topological polar surface area (TPSA) is 54.9 Å². The molecule has 0 saturated heterocycles. The van der Waals surface area contributed by atoms with Gasteiger partial charge in [-0.05, 0) is 42.5 Å². The van der Waals surface area contributed by atoms with Crippen LogP contribution in [-0.2, 0) is 6.54 Å². The molecule has 0 aliphatic carbocycles. The van der Waals surface area contributed by atoms with Gasteiger partial charge in [0.1, 0.15) is 5.75 Å². The largest absolute Gasteiger partial charge is 0.496 e. The molecule has 2 N–H and O–H groups in total. The maximum absolute atomic E-state index is 5.41. The van der Waals surface area contributed by atoms with E-state index in [1.807, 2.05) is 41.2 Å². The molecule has 0 amide bonds. The lowest BCUT2D eigenvalue weighted by atomic mass is 10.2. The Morgan fingerprint density at radius 1 is 1.12 bits per heavy atom. The lowest BCUT2D eigenvalue weighted by Crippen LogP contribution is -2.01. The molecule has 0 aliphatic rings. The monoisotopic (exact) mass is 318 g/mol. The third kappa shape index (κ3) is 2.72. The lowest BCUT2D eigenvalue weighted by molar-refractivity contribution is 0.420. The standard InChI is InChI=1S/C19H18N4O/c1-24-19-8-3-7-18-17(19)12-15(22-18)13-20-14-5-2-6-16(11-14)23-10-4-9-21-23/h2-12,20,22H,13H2,1H3. The van der Waals surface area contributed by atoms with Crippen molar-refractivity contribution in [3.05, 3.63) is 72.7 Å². The molecule has 0 atom stereocenters. The molecule has 0 aliphatic heterocycles. The molecular formula is C19H18N4O. The highest BCUT2D eigenvalue weighted by Crippen LogP contribution is 2.26. The molecular weight excluding hydrogens is 300 g/mol. The van der Waals surface area contributed by atoms with E-state index in [-0.39, 0.29) is 0 Å². The second-order valence-corrected chi connectivity index (χ2v) is 5.57. The van der Waals surface area contributed by atoms with Gasteiger partial charge in [-0.2, -0.15) is 5.10 Å². The normalized spacial score (nSPS) is 10.9. The van der Waals surface area contributed by atoms with E-state index in [2.05, 4.69) is 39.7 Å². The van der Waals surface area contributed by atoms with Crippen molar-refractivity contribution in [3.63, 3.8) is 0 Å². The molecule has 0 spiro atoms. The summed E-state index contributed by atoms with van der Waals surface area (Å²) in [6.07, 6.45) is 3.71. The molecule has 2 aromatic heterocycles. The van der Waals surface area contributed by atoms with E-state index >= 15 is 0 Å². The fourth-order valence-electron chi connectivity index (χ4n) is 2.84. The zero-order valence-corrected chi connectivity index (χ0v) is 13.4. The maximum Gasteiger partial charge on any atom is 0.128 e. The van der Waals surface area contributed by atoms with Crippen molar-refractivity contribution in [2.24, 2.45) is 0 Å². The van der Waals surface area contributed by atoms with Crippen LogP contribution in [0.4, 0.5) is 5.69 Å². The summed E-state index contributed by atoms with van der Waals surface area (Å²) in [6.45, 7) is 0.709. The van der Waals surface area contributed by atoms with Gasteiger partial charge in [0.25, 0.3) is 0 Å². The molecule has 4 aromatic rings. The molecule has 2 aromatic carbocycles. The number of aromatic amines is 1. The first kappa shape index (κ1) is 14.4. The van der Waals surface area contributed by atoms with Crippen LogP contribution < -0.4 is 10.1 Å². The van der Waals surface area contributed by atoms with Crippen molar-refractivity contribution in [1.82, 2.24) is 14.8 Å². The van der Waals surface area contributed by atoms with Gasteiger partial charge in [0.05, 0.1) is 19.3 Å². The minimum Gasteiger partial charge on any atom is -0.496 e. The van der Waals surface area contributed by atoms with E-state index in [4.69, 9.17) is 4.74 Å². The first-order valence-electron chi connectivity index (χ1n) is 7.82. The van der Waals surface area contributed by atoms with Crippen LogP contribution in [0, 0.1) is 0 Å². The fourth-order valence-corrected chi connectivity index (χ4v) is 2.84. The number of nitrogens with one attached hydrogen (secondary N) is 2. The Morgan fingerprint density at radius 3 is 2.88 bits per heavy atom. The first-order chi connectivity index (χ1) is 11.8. The van der Waals surface area contributed by atoms with E-state index < -0.39 is 0 Å². The highest BCUT2D eigenvalue weighted by molar-refractivity contribution is 5.86. The van der Waals surface area contributed by atoms with Crippen LogP contribution in [0.15, 0.2) is 67.0 Å². The van der Waals surface area contributed by atoms with E-state index in [0.717, 1.165) is 33.7 Å². The maximum atomic E-state index is 5.41. The van der Waals surface area contributed by atoms with Crippen LogP contribution in [0.25, 0.3) is 16.6 Å². The van der Waals surface area contributed by atoms with Crippen LogP contribution in [-0.4, -0.2) is 21.9 Å². The van der Waals surface area contributed by atoms with Gasteiger partial charge in [-0.25, -0.2) is 4.68 Å². The summed E-state index contributed by atoms with van der Waals surface area (Å²) in [4.78, 5) is 3.42. The minimum absolute atomic E-state index is 0.709. The molecule has 5 nitrogen and oxygen atoms in total. The number of hydrogen-bond acceptors (Lipinski definition) is 3. The average molecular weight is 318 g/mol. The van der Waals surface area contributed by atoms with Crippen molar-refractivity contribution >= 4 is 16.6 Å². The van der Waals surface area contributed by atoms with Crippen LogP contribution in [0.3, 0.4) is 0 Å². The molecule has 0 fully saturated rings. The Balaban J connectivity index is 1.54. The molecule has 0 unspecified atom stereocenters. The van der Waals surface area contributed by atoms with Crippen molar-refractivity contribution in [2.45, 2.75) is 6.54 Å². The van der Waals surface area contributed by atoms with E-state index in [1.165, 1.54) is 0 Å². The predicted octanol–water partition coefficient (Wildman–Crippen LogP) is 3.97. The zero-order valence-electron chi connectivity index (χ0n) is 13.4. The second-order valence-electron chi connectivity index (χ2n) is 5.57. The van der Waals surface area contributed by atoms with Gasteiger partial charge in [0.15, 0.2) is 0 Å². The number of benzene rings is 2. The van der Waals surface area contributed by atoms with Crippen molar-refractivity contribution in [3.8, 4) is 11.4 Å². The Bertz CT molecular complexity index is 957. The number of rotatable bonds is 5. The van der Waals surface area contributed by atoms with Gasteiger partial charge in [-0.3, -0.25) is 0 Å². The summed E-state index contributed by atoms with van der Waals surface area (Å²) in [5.41, 5.74) is 4.27. The van der Waals surface area contributed by atoms with Crippen LogP contribution in [0.5, 0.6) is 5.75 Å². The molecule has 0 saturated carbocycles. The number of H-pyrrole nitrogens is 1. The number of ether oxygens (including phenoxy) is 1. The molecule has 2 heterocycles. The van der Waals surface area contributed by atoms with E-state index in [1.54, 1.807) is 13.3 Å². The number of anilines is 1.